The van der Waals surface area contributed by atoms with Crippen LogP contribution in [-0.4, -0.2) is 24.5 Å². The molecule has 1 heterocycles. The van der Waals surface area contributed by atoms with Crippen molar-refractivity contribution in [2.45, 2.75) is 30.5 Å². The Morgan fingerprint density at radius 2 is 2.25 bits per heavy atom. The molecule has 1 rings (SSSR count). The van der Waals surface area contributed by atoms with E-state index >= 15 is 0 Å². The molecule has 0 saturated carbocycles. The van der Waals surface area contributed by atoms with E-state index in [-0.39, 0.29) is 0 Å². The smallest absolute Gasteiger partial charge is 0.0650 e. The van der Waals surface area contributed by atoms with Crippen LogP contribution in [-0.2, 0) is 10.6 Å². The first-order chi connectivity index (χ1) is 7.79. The molecule has 1 aromatic heterocycles. The average molecular weight is 260 g/mol. The summed E-state index contributed by atoms with van der Waals surface area (Å²) in [5, 5.41) is 0. The zero-order valence-electron chi connectivity index (χ0n) is 9.83. The van der Waals surface area contributed by atoms with E-state index in [9.17, 15) is 0 Å². The van der Waals surface area contributed by atoms with Crippen LogP contribution in [0.25, 0.3) is 0 Å². The summed E-state index contributed by atoms with van der Waals surface area (Å²) in [4.78, 5) is 5.54. The van der Waals surface area contributed by atoms with Crippen molar-refractivity contribution in [3.8, 4) is 0 Å². The van der Waals surface area contributed by atoms with Gasteiger partial charge in [0.2, 0.25) is 0 Å². The quantitative estimate of drug-likeness (QED) is 0.424. The predicted molar refractivity (Wildman–Crippen MR) is 70.4 cm³/mol. The van der Waals surface area contributed by atoms with Gasteiger partial charge in [0.15, 0.2) is 0 Å². The monoisotopic (exact) mass is 259 g/mol. The molecule has 0 aromatic carbocycles. The zero-order chi connectivity index (χ0) is 11.8. The second kappa shape index (κ2) is 7.93. The first-order valence-electron chi connectivity index (χ1n) is 5.41. The highest BCUT2D eigenvalue weighted by atomic mass is 35.5. The molecular formula is C12H18ClNOS. The Morgan fingerprint density at radius 1 is 1.44 bits per heavy atom. The largest absolute Gasteiger partial charge is 0.385 e. The maximum Gasteiger partial charge on any atom is 0.0650 e. The SMILES string of the molecule is COCCCCSc1ccnc(CCl)c1C. The molecule has 4 heteroatoms. The summed E-state index contributed by atoms with van der Waals surface area (Å²) in [7, 11) is 1.74. The van der Waals surface area contributed by atoms with Crippen LogP contribution in [0.2, 0.25) is 0 Å². The van der Waals surface area contributed by atoms with Gasteiger partial charge in [-0.2, -0.15) is 0 Å². The van der Waals surface area contributed by atoms with Crippen LogP contribution in [0.5, 0.6) is 0 Å². The number of hydrogen-bond acceptors (Lipinski definition) is 3. The van der Waals surface area contributed by atoms with Crippen LogP contribution >= 0.6 is 23.4 Å². The second-order valence-electron chi connectivity index (χ2n) is 3.56. The van der Waals surface area contributed by atoms with Crippen molar-refractivity contribution in [2.75, 3.05) is 19.5 Å². The molecule has 0 bridgehead atoms. The van der Waals surface area contributed by atoms with E-state index in [1.165, 1.54) is 16.9 Å². The van der Waals surface area contributed by atoms with E-state index in [1.807, 2.05) is 18.0 Å². The number of aromatic nitrogens is 1. The molecule has 0 atom stereocenters. The van der Waals surface area contributed by atoms with Gasteiger partial charge < -0.3 is 4.74 Å². The number of pyridine rings is 1. The number of hydrogen-bond donors (Lipinski definition) is 0. The minimum absolute atomic E-state index is 0.490. The van der Waals surface area contributed by atoms with Gasteiger partial charge in [-0.15, -0.1) is 23.4 Å². The Labute approximate surface area is 107 Å². The first-order valence-corrected chi connectivity index (χ1v) is 6.93. The van der Waals surface area contributed by atoms with Gasteiger partial charge in [0.1, 0.15) is 0 Å². The fourth-order valence-corrected chi connectivity index (χ4v) is 2.71. The van der Waals surface area contributed by atoms with Gasteiger partial charge in [-0.3, -0.25) is 4.98 Å². The number of alkyl halides is 1. The minimum Gasteiger partial charge on any atom is -0.385 e. The topological polar surface area (TPSA) is 22.1 Å². The van der Waals surface area contributed by atoms with Crippen molar-refractivity contribution in [2.24, 2.45) is 0 Å². The van der Waals surface area contributed by atoms with Crippen LogP contribution in [0.1, 0.15) is 24.1 Å². The standard InChI is InChI=1S/C12H18ClNOS/c1-10-11(9-13)14-6-5-12(10)16-8-4-3-7-15-2/h5-6H,3-4,7-9H2,1-2H3. The van der Waals surface area contributed by atoms with E-state index < -0.39 is 0 Å². The summed E-state index contributed by atoms with van der Waals surface area (Å²) in [6.45, 7) is 2.94. The summed E-state index contributed by atoms with van der Waals surface area (Å²) in [6.07, 6.45) is 4.13. The third-order valence-electron chi connectivity index (χ3n) is 2.39. The van der Waals surface area contributed by atoms with Crippen LogP contribution in [0.4, 0.5) is 0 Å². The minimum atomic E-state index is 0.490. The van der Waals surface area contributed by atoms with Crippen molar-refractivity contribution in [1.29, 1.82) is 0 Å². The second-order valence-corrected chi connectivity index (χ2v) is 4.97. The normalized spacial score (nSPS) is 10.7. The van der Waals surface area contributed by atoms with E-state index in [1.54, 1.807) is 7.11 Å². The van der Waals surface area contributed by atoms with Gasteiger partial charge in [-0.05, 0) is 37.1 Å². The third kappa shape index (κ3) is 4.32. The van der Waals surface area contributed by atoms with Gasteiger partial charge in [0.25, 0.3) is 0 Å². The third-order valence-corrected chi connectivity index (χ3v) is 3.88. The van der Waals surface area contributed by atoms with Crippen LogP contribution in [0, 0.1) is 6.92 Å². The number of rotatable bonds is 7. The molecule has 0 fully saturated rings. The van der Waals surface area contributed by atoms with Crippen LogP contribution < -0.4 is 0 Å². The number of ether oxygens (including phenoxy) is 1. The zero-order valence-corrected chi connectivity index (χ0v) is 11.4. The maximum atomic E-state index is 5.82. The number of nitrogens with zero attached hydrogens (tertiary/aromatic N) is 1. The predicted octanol–water partition coefficient (Wildman–Crippen LogP) is 3.65. The molecule has 0 aliphatic carbocycles. The molecule has 1 aromatic rings. The summed E-state index contributed by atoms with van der Waals surface area (Å²) < 4.78 is 5.02. The lowest BCUT2D eigenvalue weighted by atomic mass is 10.2. The van der Waals surface area contributed by atoms with Gasteiger partial charge in [0, 0.05) is 24.8 Å². The fourth-order valence-electron chi connectivity index (χ4n) is 1.38. The Kier molecular flexibility index (Phi) is 6.85. The molecule has 0 saturated heterocycles. The molecule has 0 radical (unpaired) electrons. The molecule has 0 unspecified atom stereocenters. The Bertz CT molecular complexity index is 320. The highest BCUT2D eigenvalue weighted by molar-refractivity contribution is 7.99. The number of unbranched alkanes of at least 4 members (excludes halogenated alkanes) is 1. The lowest BCUT2D eigenvalue weighted by molar-refractivity contribution is 0.194. The van der Waals surface area contributed by atoms with Crippen molar-refractivity contribution < 1.29 is 4.74 Å². The molecule has 0 amide bonds. The van der Waals surface area contributed by atoms with Gasteiger partial charge in [0.05, 0.1) is 11.6 Å². The molecule has 0 N–H and O–H groups in total. The molecule has 16 heavy (non-hydrogen) atoms. The van der Waals surface area contributed by atoms with Crippen molar-refractivity contribution in [3.63, 3.8) is 0 Å². The Hall–Kier alpha value is -0.250. The lowest BCUT2D eigenvalue weighted by Crippen LogP contribution is -1.94. The number of thioether (sulfide) groups is 1. The van der Waals surface area contributed by atoms with Crippen LogP contribution in [0.15, 0.2) is 17.2 Å². The highest BCUT2D eigenvalue weighted by Gasteiger charge is 2.04. The summed E-state index contributed by atoms with van der Waals surface area (Å²) in [5.74, 6) is 1.61. The molecule has 2 nitrogen and oxygen atoms in total. The summed E-state index contributed by atoms with van der Waals surface area (Å²) in [5.41, 5.74) is 2.21. The molecular weight excluding hydrogens is 242 g/mol. The van der Waals surface area contributed by atoms with E-state index in [4.69, 9.17) is 16.3 Å². The van der Waals surface area contributed by atoms with Gasteiger partial charge in [-0.1, -0.05) is 0 Å². The Morgan fingerprint density at radius 3 is 2.94 bits per heavy atom. The summed E-state index contributed by atoms with van der Waals surface area (Å²) in [6, 6.07) is 2.06. The summed E-state index contributed by atoms with van der Waals surface area (Å²) >= 11 is 7.69. The highest BCUT2D eigenvalue weighted by Crippen LogP contribution is 2.25. The van der Waals surface area contributed by atoms with Crippen molar-refractivity contribution >= 4 is 23.4 Å². The fraction of sp³-hybridized carbons (Fsp3) is 0.583. The molecule has 0 aliphatic heterocycles. The lowest BCUT2D eigenvalue weighted by Gasteiger charge is -2.08. The van der Waals surface area contributed by atoms with E-state index in [0.29, 0.717) is 5.88 Å². The molecule has 0 aliphatic rings. The number of methoxy groups -OCH3 is 1. The first kappa shape index (κ1) is 13.8. The van der Waals surface area contributed by atoms with Crippen molar-refractivity contribution in [3.05, 3.63) is 23.5 Å². The average Bonchev–Trinajstić information content (AvgIpc) is 2.31. The van der Waals surface area contributed by atoms with Crippen molar-refractivity contribution in [1.82, 2.24) is 4.98 Å². The van der Waals surface area contributed by atoms with E-state index in [2.05, 4.69) is 18.0 Å². The maximum absolute atomic E-state index is 5.82. The molecule has 0 spiro atoms. The Balaban J connectivity index is 2.41. The van der Waals surface area contributed by atoms with Crippen LogP contribution in [0.3, 0.4) is 0 Å². The van der Waals surface area contributed by atoms with E-state index in [0.717, 1.165) is 24.5 Å². The van der Waals surface area contributed by atoms with Gasteiger partial charge >= 0.3 is 0 Å². The molecule has 90 valence electrons. The number of halogens is 1. The van der Waals surface area contributed by atoms with Gasteiger partial charge in [-0.25, -0.2) is 0 Å².